The first-order valence-corrected chi connectivity index (χ1v) is 7.41. The molecule has 1 atom stereocenters. The van der Waals surface area contributed by atoms with E-state index in [2.05, 4.69) is 5.32 Å². The van der Waals surface area contributed by atoms with Crippen molar-refractivity contribution < 1.29 is 9.53 Å². The normalized spacial score (nSPS) is 18.6. The van der Waals surface area contributed by atoms with E-state index in [0.717, 1.165) is 31.6 Å². The largest absolute Gasteiger partial charge is 0.492 e. The molecule has 5 heteroatoms. The number of carbonyl (C=O) groups excluding carboxylic acids is 1. The van der Waals surface area contributed by atoms with Gasteiger partial charge in [-0.05, 0) is 37.6 Å². The third-order valence-corrected chi connectivity index (χ3v) is 3.71. The number of nitrogens with zero attached hydrogens (tertiary/aromatic N) is 1. The van der Waals surface area contributed by atoms with Gasteiger partial charge in [0, 0.05) is 12.1 Å². The van der Waals surface area contributed by atoms with Gasteiger partial charge in [0.1, 0.15) is 12.4 Å². The molecule has 2 rings (SSSR count). The number of benzene rings is 1. The number of amides is 1. The van der Waals surface area contributed by atoms with Gasteiger partial charge in [0.15, 0.2) is 0 Å². The summed E-state index contributed by atoms with van der Waals surface area (Å²) in [4.78, 5) is 13.9. The molecular weight excluding hydrogens is 276 g/mol. The van der Waals surface area contributed by atoms with E-state index in [1.54, 1.807) is 17.0 Å². The summed E-state index contributed by atoms with van der Waals surface area (Å²) in [6, 6.07) is 7.25. The van der Waals surface area contributed by atoms with Crippen LogP contribution in [0.1, 0.15) is 19.3 Å². The molecule has 1 aliphatic rings. The molecule has 110 valence electrons. The monoisotopic (exact) mass is 296 g/mol. The Morgan fingerprint density at radius 3 is 3.05 bits per heavy atom. The summed E-state index contributed by atoms with van der Waals surface area (Å²) in [6.45, 7) is 1.97. The van der Waals surface area contributed by atoms with Crippen molar-refractivity contribution in [3.63, 3.8) is 0 Å². The van der Waals surface area contributed by atoms with E-state index in [4.69, 9.17) is 16.3 Å². The zero-order chi connectivity index (χ0) is 14.4. The Morgan fingerprint density at radius 1 is 1.50 bits per heavy atom. The molecule has 1 N–H and O–H groups in total. The Balaban J connectivity index is 1.74. The first-order chi connectivity index (χ1) is 9.66. The Kier molecular flexibility index (Phi) is 5.68. The van der Waals surface area contributed by atoms with E-state index in [9.17, 15) is 4.79 Å². The van der Waals surface area contributed by atoms with Crippen LogP contribution in [0.3, 0.4) is 0 Å². The quantitative estimate of drug-likeness (QED) is 0.907. The van der Waals surface area contributed by atoms with Crippen molar-refractivity contribution in [1.82, 2.24) is 10.2 Å². The highest BCUT2D eigenvalue weighted by molar-refractivity contribution is 6.30. The summed E-state index contributed by atoms with van der Waals surface area (Å²) in [6.07, 6.45) is 3.21. The summed E-state index contributed by atoms with van der Waals surface area (Å²) in [5.74, 6) is 0.883. The number of halogens is 1. The molecule has 0 bridgehead atoms. The third kappa shape index (κ3) is 4.39. The van der Waals surface area contributed by atoms with E-state index < -0.39 is 0 Å². The second-order valence-corrected chi connectivity index (χ2v) is 5.50. The van der Waals surface area contributed by atoms with E-state index >= 15 is 0 Å². The van der Waals surface area contributed by atoms with Crippen LogP contribution >= 0.6 is 11.6 Å². The highest BCUT2D eigenvalue weighted by atomic mass is 35.5. The topological polar surface area (TPSA) is 41.6 Å². The summed E-state index contributed by atoms with van der Waals surface area (Å²) < 4.78 is 5.60. The predicted octanol–water partition coefficient (Wildman–Crippen LogP) is 2.32. The van der Waals surface area contributed by atoms with Crippen LogP contribution in [0.4, 0.5) is 0 Å². The van der Waals surface area contributed by atoms with Crippen LogP contribution in [-0.4, -0.2) is 43.6 Å². The lowest BCUT2D eigenvalue weighted by molar-refractivity contribution is -0.133. The third-order valence-electron chi connectivity index (χ3n) is 3.48. The van der Waals surface area contributed by atoms with Gasteiger partial charge < -0.3 is 15.0 Å². The highest BCUT2D eigenvalue weighted by Gasteiger charge is 2.23. The van der Waals surface area contributed by atoms with Gasteiger partial charge in [-0.15, -0.1) is 0 Å². The Morgan fingerprint density at radius 2 is 2.35 bits per heavy atom. The maximum atomic E-state index is 12.2. The van der Waals surface area contributed by atoms with E-state index in [1.165, 1.54) is 0 Å². The van der Waals surface area contributed by atoms with Crippen molar-refractivity contribution in [1.29, 1.82) is 0 Å². The molecule has 1 fully saturated rings. The van der Waals surface area contributed by atoms with Crippen molar-refractivity contribution in [3.8, 4) is 5.75 Å². The van der Waals surface area contributed by atoms with Gasteiger partial charge in [-0.2, -0.15) is 0 Å². The average Bonchev–Trinajstić information content (AvgIpc) is 2.47. The number of rotatable bonds is 5. The first-order valence-electron chi connectivity index (χ1n) is 7.03. The summed E-state index contributed by atoms with van der Waals surface area (Å²) in [5, 5.41) is 3.92. The molecule has 1 aromatic carbocycles. The fourth-order valence-corrected chi connectivity index (χ4v) is 2.48. The van der Waals surface area contributed by atoms with Gasteiger partial charge in [-0.25, -0.2) is 0 Å². The lowest BCUT2D eigenvalue weighted by Crippen LogP contribution is -2.48. The van der Waals surface area contributed by atoms with Crippen molar-refractivity contribution in [2.24, 2.45) is 0 Å². The fraction of sp³-hybridized carbons (Fsp3) is 0.533. The van der Waals surface area contributed by atoms with Crippen LogP contribution in [-0.2, 0) is 4.79 Å². The smallest absolute Gasteiger partial charge is 0.239 e. The van der Waals surface area contributed by atoms with E-state index in [0.29, 0.717) is 18.2 Å². The second-order valence-electron chi connectivity index (χ2n) is 5.07. The van der Waals surface area contributed by atoms with Gasteiger partial charge in [0.2, 0.25) is 5.91 Å². The minimum atomic E-state index is -0.0279. The van der Waals surface area contributed by atoms with Crippen LogP contribution < -0.4 is 10.1 Å². The summed E-state index contributed by atoms with van der Waals surface area (Å²) >= 11 is 5.89. The molecule has 0 saturated carbocycles. The fourth-order valence-electron chi connectivity index (χ4n) is 2.30. The first kappa shape index (κ1) is 15.1. The van der Waals surface area contributed by atoms with Crippen LogP contribution in [0.25, 0.3) is 0 Å². The van der Waals surface area contributed by atoms with Crippen molar-refractivity contribution >= 4 is 17.5 Å². The molecule has 1 saturated heterocycles. The Labute approximate surface area is 125 Å². The van der Waals surface area contributed by atoms with Crippen molar-refractivity contribution in [2.45, 2.75) is 25.3 Å². The minimum Gasteiger partial charge on any atom is -0.492 e. The molecular formula is C15H21ClN2O2. The van der Waals surface area contributed by atoms with Crippen LogP contribution in [0.5, 0.6) is 5.75 Å². The maximum Gasteiger partial charge on any atom is 0.239 e. The van der Waals surface area contributed by atoms with Crippen LogP contribution in [0, 0.1) is 0 Å². The van der Waals surface area contributed by atoms with E-state index in [-0.39, 0.29) is 11.9 Å². The number of carbonyl (C=O) groups is 1. The summed E-state index contributed by atoms with van der Waals surface area (Å²) in [5.41, 5.74) is 0. The van der Waals surface area contributed by atoms with Gasteiger partial charge in [-0.1, -0.05) is 24.1 Å². The number of nitrogens with one attached hydrogen (secondary N) is 1. The maximum absolute atomic E-state index is 12.2. The molecule has 1 amide bonds. The van der Waals surface area contributed by atoms with Gasteiger partial charge >= 0.3 is 0 Å². The average molecular weight is 297 g/mol. The van der Waals surface area contributed by atoms with Crippen LogP contribution in [0.2, 0.25) is 5.02 Å². The molecule has 20 heavy (non-hydrogen) atoms. The van der Waals surface area contributed by atoms with Gasteiger partial charge in [-0.3, -0.25) is 4.79 Å². The van der Waals surface area contributed by atoms with Crippen molar-refractivity contribution in [2.75, 3.05) is 26.7 Å². The number of hydrogen-bond acceptors (Lipinski definition) is 3. The lowest BCUT2D eigenvalue weighted by atomic mass is 10.0. The zero-order valence-electron chi connectivity index (χ0n) is 11.8. The molecule has 0 spiro atoms. The molecule has 1 aliphatic heterocycles. The minimum absolute atomic E-state index is 0.0279. The van der Waals surface area contributed by atoms with Gasteiger partial charge in [0.05, 0.1) is 12.6 Å². The Bertz CT molecular complexity index is 447. The standard InChI is InChI=1S/C15H21ClN2O2/c1-18(15(19)14-7-2-3-8-17-14)9-10-20-13-6-4-5-12(16)11-13/h4-6,11,14,17H,2-3,7-10H2,1H3. The molecule has 1 heterocycles. The van der Waals surface area contributed by atoms with Gasteiger partial charge in [0.25, 0.3) is 0 Å². The molecule has 1 unspecified atom stereocenters. The molecule has 1 aromatic rings. The number of piperidine rings is 1. The zero-order valence-corrected chi connectivity index (χ0v) is 12.5. The number of ether oxygens (including phenoxy) is 1. The molecule has 0 aliphatic carbocycles. The SMILES string of the molecule is CN(CCOc1cccc(Cl)c1)C(=O)C1CCCCN1. The second kappa shape index (κ2) is 7.50. The molecule has 0 aromatic heterocycles. The molecule has 4 nitrogen and oxygen atoms in total. The van der Waals surface area contributed by atoms with Crippen LogP contribution in [0.15, 0.2) is 24.3 Å². The number of hydrogen-bond donors (Lipinski definition) is 1. The Hall–Kier alpha value is -1.26. The van der Waals surface area contributed by atoms with Crippen molar-refractivity contribution in [3.05, 3.63) is 29.3 Å². The highest BCUT2D eigenvalue weighted by Crippen LogP contribution is 2.17. The summed E-state index contributed by atoms with van der Waals surface area (Å²) in [7, 11) is 1.82. The number of likely N-dealkylation sites (N-methyl/N-ethyl adjacent to an activating group) is 1. The van der Waals surface area contributed by atoms with E-state index in [1.807, 2.05) is 19.2 Å². The predicted molar refractivity (Wildman–Crippen MR) is 80.2 cm³/mol. The molecule has 0 radical (unpaired) electrons. The lowest BCUT2D eigenvalue weighted by Gasteiger charge is -2.27.